The van der Waals surface area contributed by atoms with E-state index in [4.69, 9.17) is 0 Å². The zero-order valence-corrected chi connectivity index (χ0v) is 15.8. The van der Waals surface area contributed by atoms with Crippen LogP contribution >= 0.6 is 0 Å². The molecule has 0 saturated heterocycles. The highest BCUT2D eigenvalue weighted by Gasteiger charge is 2.22. The molecule has 5 nitrogen and oxygen atoms in total. The van der Waals surface area contributed by atoms with E-state index in [2.05, 4.69) is 0 Å². The van der Waals surface area contributed by atoms with E-state index in [9.17, 15) is 25.2 Å². The van der Waals surface area contributed by atoms with Gasteiger partial charge in [0.05, 0.1) is 5.56 Å². The Kier molecular flexibility index (Phi) is 4.86. The molecule has 4 aromatic rings. The van der Waals surface area contributed by atoms with Crippen molar-refractivity contribution in [3.63, 3.8) is 0 Å². The predicted molar refractivity (Wildman–Crippen MR) is 115 cm³/mol. The molecular weight excluding hydrogens is 380 g/mol. The first-order chi connectivity index (χ1) is 14.5. The molecule has 0 spiro atoms. The summed E-state index contributed by atoms with van der Waals surface area (Å²) in [6.45, 7) is 0. The van der Waals surface area contributed by atoms with Crippen LogP contribution < -0.4 is 0 Å². The molecule has 30 heavy (non-hydrogen) atoms. The van der Waals surface area contributed by atoms with Crippen LogP contribution in [-0.4, -0.2) is 26.4 Å². The predicted octanol–water partition coefficient (Wildman–Crippen LogP) is 5.50. The SMILES string of the molecule is O=C(O)c1cc(-c2ccccc2O)c(-c2ccccc2O)cc1-c1ccccc1O. The normalized spacial score (nSPS) is 10.7. The summed E-state index contributed by atoms with van der Waals surface area (Å²) < 4.78 is 0. The van der Waals surface area contributed by atoms with E-state index >= 15 is 0 Å². The second kappa shape index (κ2) is 7.64. The van der Waals surface area contributed by atoms with Gasteiger partial charge in [0.1, 0.15) is 17.2 Å². The molecule has 0 amide bonds. The quantitative estimate of drug-likeness (QED) is 0.364. The van der Waals surface area contributed by atoms with Crippen LogP contribution in [0.3, 0.4) is 0 Å². The standard InChI is InChI=1S/C25H18O5/c26-22-10-4-1-7-15(22)18-13-20(17-9-3-6-12-24(17)28)21(25(29)30)14-19(18)16-8-2-5-11-23(16)27/h1-14,26-28H,(H,29,30). The van der Waals surface area contributed by atoms with Gasteiger partial charge in [0.15, 0.2) is 0 Å². The number of carboxylic acid groups (broad SMARTS) is 1. The molecule has 0 radical (unpaired) electrons. The number of rotatable bonds is 4. The molecule has 0 aromatic heterocycles. The van der Waals surface area contributed by atoms with Gasteiger partial charge in [-0.25, -0.2) is 4.79 Å². The fraction of sp³-hybridized carbons (Fsp3) is 0. The largest absolute Gasteiger partial charge is 0.507 e. The lowest BCUT2D eigenvalue weighted by molar-refractivity contribution is 0.0698. The van der Waals surface area contributed by atoms with E-state index in [0.29, 0.717) is 33.4 Å². The maximum Gasteiger partial charge on any atom is 0.336 e. The van der Waals surface area contributed by atoms with E-state index in [-0.39, 0.29) is 22.8 Å². The van der Waals surface area contributed by atoms with Crippen LogP contribution in [-0.2, 0) is 0 Å². The zero-order valence-electron chi connectivity index (χ0n) is 15.8. The first kappa shape index (κ1) is 19.1. The molecule has 0 atom stereocenters. The van der Waals surface area contributed by atoms with Gasteiger partial charge in [0.25, 0.3) is 0 Å². The van der Waals surface area contributed by atoms with E-state index in [0.717, 1.165) is 0 Å². The number of phenolic OH excluding ortho intramolecular Hbond substituents is 3. The third-order valence-electron chi connectivity index (χ3n) is 4.97. The fourth-order valence-electron chi connectivity index (χ4n) is 3.55. The van der Waals surface area contributed by atoms with E-state index in [1.165, 1.54) is 24.3 Å². The first-order valence-electron chi connectivity index (χ1n) is 9.24. The van der Waals surface area contributed by atoms with Crippen molar-refractivity contribution in [1.29, 1.82) is 0 Å². The minimum absolute atomic E-state index is 0.0131. The van der Waals surface area contributed by atoms with Crippen molar-refractivity contribution in [1.82, 2.24) is 0 Å². The number of phenols is 3. The van der Waals surface area contributed by atoms with Crippen LogP contribution in [0.1, 0.15) is 10.4 Å². The molecule has 0 aliphatic rings. The lowest BCUT2D eigenvalue weighted by Crippen LogP contribution is -2.02. The van der Waals surface area contributed by atoms with Gasteiger partial charge in [-0.05, 0) is 41.5 Å². The number of carbonyl (C=O) groups is 1. The van der Waals surface area contributed by atoms with Crippen LogP contribution in [0.15, 0.2) is 84.9 Å². The number of para-hydroxylation sites is 3. The molecule has 0 unspecified atom stereocenters. The highest BCUT2D eigenvalue weighted by molar-refractivity contribution is 6.02. The van der Waals surface area contributed by atoms with Crippen LogP contribution in [0.4, 0.5) is 0 Å². The summed E-state index contributed by atoms with van der Waals surface area (Å²) in [6.07, 6.45) is 0. The summed E-state index contributed by atoms with van der Waals surface area (Å²) in [5.41, 5.74) is 2.51. The maximum absolute atomic E-state index is 12.1. The van der Waals surface area contributed by atoms with Gasteiger partial charge in [0.2, 0.25) is 0 Å². The van der Waals surface area contributed by atoms with Crippen molar-refractivity contribution >= 4 is 5.97 Å². The van der Waals surface area contributed by atoms with Crippen LogP contribution in [0.25, 0.3) is 33.4 Å². The molecule has 4 rings (SSSR count). The topological polar surface area (TPSA) is 98.0 Å². The first-order valence-corrected chi connectivity index (χ1v) is 9.24. The second-order valence-electron chi connectivity index (χ2n) is 6.80. The summed E-state index contributed by atoms with van der Waals surface area (Å²) in [4.78, 5) is 12.1. The number of aromatic carboxylic acids is 1. The number of carboxylic acids is 1. The Morgan fingerprint density at radius 3 is 1.27 bits per heavy atom. The van der Waals surface area contributed by atoms with Crippen LogP contribution in [0.2, 0.25) is 0 Å². The number of hydrogen-bond acceptors (Lipinski definition) is 4. The number of aromatic hydroxyl groups is 3. The third-order valence-corrected chi connectivity index (χ3v) is 4.97. The van der Waals surface area contributed by atoms with Crippen molar-refractivity contribution in [2.45, 2.75) is 0 Å². The molecular formula is C25H18O5. The Labute approximate surface area is 172 Å². The fourth-order valence-corrected chi connectivity index (χ4v) is 3.55. The minimum Gasteiger partial charge on any atom is -0.507 e. The maximum atomic E-state index is 12.1. The molecule has 0 saturated carbocycles. The van der Waals surface area contributed by atoms with Crippen LogP contribution in [0.5, 0.6) is 17.2 Å². The molecule has 0 bridgehead atoms. The Bertz CT molecular complexity index is 1260. The Hall–Kier alpha value is -4.25. The Morgan fingerprint density at radius 2 is 0.867 bits per heavy atom. The lowest BCUT2D eigenvalue weighted by Gasteiger charge is -2.17. The van der Waals surface area contributed by atoms with Crippen molar-refractivity contribution in [3.05, 3.63) is 90.5 Å². The summed E-state index contributed by atoms with van der Waals surface area (Å²) in [5, 5.41) is 41.1. The average molecular weight is 398 g/mol. The molecule has 0 aliphatic heterocycles. The summed E-state index contributed by atoms with van der Waals surface area (Å²) in [6, 6.07) is 22.9. The second-order valence-corrected chi connectivity index (χ2v) is 6.80. The van der Waals surface area contributed by atoms with Crippen molar-refractivity contribution in [3.8, 4) is 50.6 Å². The van der Waals surface area contributed by atoms with Crippen molar-refractivity contribution in [2.24, 2.45) is 0 Å². The van der Waals surface area contributed by atoms with Crippen molar-refractivity contribution < 1.29 is 25.2 Å². The Balaban J connectivity index is 2.12. The highest BCUT2D eigenvalue weighted by Crippen LogP contribution is 2.44. The molecule has 0 aliphatic carbocycles. The molecule has 0 heterocycles. The van der Waals surface area contributed by atoms with Gasteiger partial charge < -0.3 is 20.4 Å². The summed E-state index contributed by atoms with van der Waals surface area (Å²) in [5.74, 6) is -1.23. The van der Waals surface area contributed by atoms with E-state index in [1.54, 1.807) is 60.7 Å². The highest BCUT2D eigenvalue weighted by atomic mass is 16.4. The van der Waals surface area contributed by atoms with Crippen molar-refractivity contribution in [2.75, 3.05) is 0 Å². The molecule has 4 aromatic carbocycles. The van der Waals surface area contributed by atoms with Gasteiger partial charge in [-0.3, -0.25) is 0 Å². The van der Waals surface area contributed by atoms with Gasteiger partial charge in [0, 0.05) is 22.3 Å². The van der Waals surface area contributed by atoms with Gasteiger partial charge in [-0.15, -0.1) is 0 Å². The number of benzene rings is 4. The van der Waals surface area contributed by atoms with Gasteiger partial charge >= 0.3 is 5.97 Å². The van der Waals surface area contributed by atoms with Gasteiger partial charge in [-0.1, -0.05) is 54.6 Å². The lowest BCUT2D eigenvalue weighted by atomic mass is 9.87. The number of hydrogen-bond donors (Lipinski definition) is 4. The third kappa shape index (κ3) is 3.33. The van der Waals surface area contributed by atoms with E-state index in [1.807, 2.05) is 0 Å². The average Bonchev–Trinajstić information content (AvgIpc) is 2.74. The molecule has 0 fully saturated rings. The molecule has 5 heteroatoms. The van der Waals surface area contributed by atoms with Crippen LogP contribution in [0, 0.1) is 0 Å². The molecule has 148 valence electrons. The summed E-state index contributed by atoms with van der Waals surface area (Å²) in [7, 11) is 0. The smallest absolute Gasteiger partial charge is 0.336 e. The summed E-state index contributed by atoms with van der Waals surface area (Å²) >= 11 is 0. The Morgan fingerprint density at radius 1 is 0.500 bits per heavy atom. The molecule has 4 N–H and O–H groups in total. The van der Waals surface area contributed by atoms with E-state index < -0.39 is 5.97 Å². The minimum atomic E-state index is -1.17. The van der Waals surface area contributed by atoms with Gasteiger partial charge in [-0.2, -0.15) is 0 Å². The monoisotopic (exact) mass is 398 g/mol. The zero-order chi connectivity index (χ0) is 21.3.